The van der Waals surface area contributed by atoms with Gasteiger partial charge in [-0.15, -0.1) is 0 Å². The molecule has 7 heteroatoms. The Morgan fingerprint density at radius 3 is 2.42 bits per heavy atom. The summed E-state index contributed by atoms with van der Waals surface area (Å²) in [7, 11) is 0. The summed E-state index contributed by atoms with van der Waals surface area (Å²) in [6.45, 7) is 2.70. The number of carbonyl (C=O) groups excluding carboxylic acids is 1. The third kappa shape index (κ3) is 4.16. The first-order valence-corrected chi connectivity index (χ1v) is 10.9. The maximum Gasteiger partial charge on any atom is 0.324 e. The number of aliphatic hydroxyl groups excluding tert-OH is 1. The lowest BCUT2D eigenvalue weighted by atomic mass is 10.00. The topological polar surface area (TPSA) is 47.0 Å². The summed E-state index contributed by atoms with van der Waals surface area (Å²) >= 11 is 0. The van der Waals surface area contributed by atoms with Crippen molar-refractivity contribution in [2.24, 2.45) is 5.92 Å². The molecule has 1 aliphatic carbocycles. The van der Waals surface area contributed by atoms with Gasteiger partial charge in [-0.05, 0) is 29.2 Å². The number of hydrogen-bond acceptors (Lipinski definition) is 3. The van der Waals surface area contributed by atoms with Gasteiger partial charge in [0.2, 0.25) is 0 Å². The highest BCUT2D eigenvalue weighted by Gasteiger charge is 2.58. The molecule has 1 unspecified atom stereocenters. The highest BCUT2D eigenvalue weighted by molar-refractivity contribution is 5.95. The van der Waals surface area contributed by atoms with Gasteiger partial charge in [0.05, 0.1) is 11.8 Å². The van der Waals surface area contributed by atoms with Crippen LogP contribution < -0.4 is 4.90 Å². The van der Waals surface area contributed by atoms with Gasteiger partial charge in [0, 0.05) is 51.6 Å². The minimum atomic E-state index is -2.68. The molecule has 0 bridgehead atoms. The van der Waals surface area contributed by atoms with E-state index in [1.165, 1.54) is 16.0 Å². The lowest BCUT2D eigenvalue weighted by Crippen LogP contribution is -2.51. The van der Waals surface area contributed by atoms with Crippen LogP contribution in [0.5, 0.6) is 0 Å². The van der Waals surface area contributed by atoms with Crippen molar-refractivity contribution in [3.8, 4) is 0 Å². The SMILES string of the molecule is O=C1N(C[C@H](O)CN2CCc3ccccc3C2)Cc2ccccc2N1CC1CC1(F)F. The Kier molecular flexibility index (Phi) is 5.18. The largest absolute Gasteiger partial charge is 0.390 e. The fraction of sp³-hybridized carbons (Fsp3) is 0.458. The van der Waals surface area contributed by atoms with E-state index in [4.69, 9.17) is 0 Å². The fourth-order valence-corrected chi connectivity index (χ4v) is 4.78. The fourth-order valence-electron chi connectivity index (χ4n) is 4.78. The Hall–Kier alpha value is -2.51. The van der Waals surface area contributed by atoms with Crippen molar-refractivity contribution < 1.29 is 18.7 Å². The Balaban J connectivity index is 1.25. The minimum absolute atomic E-state index is 0.0123. The summed E-state index contributed by atoms with van der Waals surface area (Å²) in [5.74, 6) is -3.47. The molecule has 2 amide bonds. The highest BCUT2D eigenvalue weighted by atomic mass is 19.3. The molecule has 0 spiro atoms. The van der Waals surface area contributed by atoms with Crippen LogP contribution >= 0.6 is 0 Å². The summed E-state index contributed by atoms with van der Waals surface area (Å²) < 4.78 is 27.1. The summed E-state index contributed by atoms with van der Waals surface area (Å²) in [5.41, 5.74) is 4.25. The first kappa shape index (κ1) is 20.4. The van der Waals surface area contributed by atoms with Gasteiger partial charge < -0.3 is 10.0 Å². The number of alkyl halides is 2. The Morgan fingerprint density at radius 1 is 1.00 bits per heavy atom. The van der Waals surface area contributed by atoms with Crippen molar-refractivity contribution in [1.29, 1.82) is 0 Å². The number of benzene rings is 2. The number of rotatable bonds is 6. The molecule has 5 nitrogen and oxygen atoms in total. The van der Waals surface area contributed by atoms with Crippen molar-refractivity contribution in [3.63, 3.8) is 0 Å². The summed E-state index contributed by atoms with van der Waals surface area (Å²) in [6.07, 6.45) is 0.0732. The summed E-state index contributed by atoms with van der Waals surface area (Å²) in [5, 5.41) is 10.8. The van der Waals surface area contributed by atoms with E-state index in [-0.39, 0.29) is 25.5 Å². The molecule has 3 aliphatic rings. The number of nitrogens with zero attached hydrogens (tertiary/aromatic N) is 3. The second-order valence-corrected chi connectivity index (χ2v) is 8.97. The summed E-state index contributed by atoms with van der Waals surface area (Å²) in [6, 6.07) is 15.5. The van der Waals surface area contributed by atoms with Crippen molar-refractivity contribution >= 4 is 11.7 Å². The van der Waals surface area contributed by atoms with E-state index < -0.39 is 17.9 Å². The van der Waals surface area contributed by atoms with Gasteiger partial charge in [0.25, 0.3) is 5.92 Å². The molecule has 31 heavy (non-hydrogen) atoms. The van der Waals surface area contributed by atoms with Crippen LogP contribution in [0, 0.1) is 5.92 Å². The molecule has 1 fully saturated rings. The first-order valence-electron chi connectivity index (χ1n) is 10.9. The number of amides is 2. The number of para-hydroxylation sites is 1. The molecule has 1 saturated carbocycles. The second kappa shape index (κ2) is 7.88. The molecular formula is C24H27F2N3O2. The third-order valence-corrected chi connectivity index (χ3v) is 6.61. The van der Waals surface area contributed by atoms with Crippen molar-refractivity contribution in [2.45, 2.75) is 38.0 Å². The maximum absolute atomic E-state index is 13.5. The number of hydrogen-bond donors (Lipinski definition) is 1. The van der Waals surface area contributed by atoms with Gasteiger partial charge in [-0.2, -0.15) is 0 Å². The molecule has 2 aliphatic heterocycles. The van der Waals surface area contributed by atoms with E-state index in [9.17, 15) is 18.7 Å². The molecular weight excluding hydrogens is 400 g/mol. The zero-order chi connectivity index (χ0) is 21.6. The van der Waals surface area contributed by atoms with E-state index in [2.05, 4.69) is 17.0 Å². The maximum atomic E-state index is 13.5. The molecule has 0 saturated heterocycles. The van der Waals surface area contributed by atoms with E-state index in [0.29, 0.717) is 18.8 Å². The number of urea groups is 1. The summed E-state index contributed by atoms with van der Waals surface area (Å²) in [4.78, 5) is 18.4. The zero-order valence-electron chi connectivity index (χ0n) is 17.4. The van der Waals surface area contributed by atoms with Gasteiger partial charge >= 0.3 is 6.03 Å². The molecule has 1 N–H and O–H groups in total. The number of anilines is 1. The van der Waals surface area contributed by atoms with Crippen LogP contribution in [0.3, 0.4) is 0 Å². The average molecular weight is 427 g/mol. The molecule has 164 valence electrons. The van der Waals surface area contributed by atoms with E-state index in [0.717, 1.165) is 25.1 Å². The van der Waals surface area contributed by atoms with Crippen LogP contribution in [-0.2, 0) is 19.5 Å². The normalized spacial score (nSPS) is 23.3. The van der Waals surface area contributed by atoms with Gasteiger partial charge in [0.15, 0.2) is 0 Å². The van der Waals surface area contributed by atoms with Crippen LogP contribution in [-0.4, -0.2) is 59.1 Å². The monoisotopic (exact) mass is 427 g/mol. The lowest BCUT2D eigenvalue weighted by Gasteiger charge is -2.39. The van der Waals surface area contributed by atoms with Gasteiger partial charge in [-0.1, -0.05) is 42.5 Å². The number of fused-ring (bicyclic) bond motifs is 2. The Bertz CT molecular complexity index is 983. The van der Waals surface area contributed by atoms with E-state index >= 15 is 0 Å². The van der Waals surface area contributed by atoms with Gasteiger partial charge in [-0.3, -0.25) is 9.80 Å². The standard InChI is InChI=1S/C24H27F2N3O2/c25-24(26)11-20(24)14-29-22-8-4-3-7-19(22)13-28(23(29)31)16-21(30)15-27-10-9-17-5-1-2-6-18(17)12-27/h1-8,20-21,30H,9-16H2/t20?,21-/m1/s1. The van der Waals surface area contributed by atoms with E-state index in [1.54, 1.807) is 4.90 Å². The van der Waals surface area contributed by atoms with Crippen molar-refractivity contribution in [2.75, 3.05) is 31.1 Å². The predicted molar refractivity (Wildman–Crippen MR) is 114 cm³/mol. The van der Waals surface area contributed by atoms with Crippen LogP contribution in [0.25, 0.3) is 0 Å². The van der Waals surface area contributed by atoms with Gasteiger partial charge in [0.1, 0.15) is 0 Å². The molecule has 0 radical (unpaired) electrons. The minimum Gasteiger partial charge on any atom is -0.390 e. The van der Waals surface area contributed by atoms with E-state index in [1.807, 2.05) is 36.4 Å². The van der Waals surface area contributed by atoms with Crippen LogP contribution in [0.15, 0.2) is 48.5 Å². The molecule has 0 aromatic heterocycles. The number of halogens is 2. The number of carbonyl (C=O) groups is 1. The first-order chi connectivity index (χ1) is 14.9. The highest BCUT2D eigenvalue weighted by Crippen LogP contribution is 2.49. The molecule has 2 heterocycles. The molecule has 5 rings (SSSR count). The number of aliphatic hydroxyl groups is 1. The van der Waals surface area contributed by atoms with Crippen LogP contribution in [0.2, 0.25) is 0 Å². The van der Waals surface area contributed by atoms with Crippen LogP contribution in [0.4, 0.5) is 19.3 Å². The lowest BCUT2D eigenvalue weighted by molar-refractivity contribution is 0.0747. The van der Waals surface area contributed by atoms with Crippen LogP contribution in [0.1, 0.15) is 23.1 Å². The second-order valence-electron chi connectivity index (χ2n) is 8.97. The Morgan fingerprint density at radius 2 is 1.68 bits per heavy atom. The van der Waals surface area contributed by atoms with Gasteiger partial charge in [-0.25, -0.2) is 13.6 Å². The average Bonchev–Trinajstić information content (AvgIpc) is 3.36. The smallest absolute Gasteiger partial charge is 0.324 e. The zero-order valence-corrected chi connectivity index (χ0v) is 17.4. The molecule has 2 aromatic rings. The Labute approximate surface area is 180 Å². The third-order valence-electron chi connectivity index (χ3n) is 6.61. The molecule has 2 aromatic carbocycles. The number of β-amino-alcohol motifs (C(OH)–C–C–N with tert-alkyl or cyclic N) is 1. The predicted octanol–water partition coefficient (Wildman–Crippen LogP) is 3.50. The quantitative estimate of drug-likeness (QED) is 0.768. The molecule has 2 atom stereocenters. The van der Waals surface area contributed by atoms with Crippen molar-refractivity contribution in [1.82, 2.24) is 9.80 Å². The van der Waals surface area contributed by atoms with Crippen molar-refractivity contribution in [3.05, 3.63) is 65.2 Å².